The van der Waals surface area contributed by atoms with E-state index in [4.69, 9.17) is 5.73 Å². The number of rotatable bonds is 3. The van der Waals surface area contributed by atoms with E-state index in [1.165, 1.54) is 6.33 Å². The molecule has 3 aromatic heterocycles. The predicted octanol–water partition coefficient (Wildman–Crippen LogP) is 2.44. The number of nitrogens with one attached hydrogen (secondary N) is 1. The highest BCUT2D eigenvalue weighted by atomic mass is 32.1. The van der Waals surface area contributed by atoms with Crippen molar-refractivity contribution in [1.29, 1.82) is 5.26 Å². The van der Waals surface area contributed by atoms with Crippen LogP contribution in [-0.4, -0.2) is 21.1 Å². The van der Waals surface area contributed by atoms with Crippen molar-refractivity contribution in [2.24, 2.45) is 5.73 Å². The predicted molar refractivity (Wildman–Crippen MR) is 94.9 cm³/mol. The van der Waals surface area contributed by atoms with E-state index in [9.17, 15) is 10.1 Å². The van der Waals surface area contributed by atoms with Crippen molar-refractivity contribution >= 4 is 32.5 Å². The fraction of sp³-hybridized carbons (Fsp3) is 0.118. The molecule has 0 spiro atoms. The van der Waals surface area contributed by atoms with Crippen molar-refractivity contribution in [2.75, 3.05) is 6.54 Å². The maximum Gasteiger partial charge on any atom is 0.275 e. The number of aromatic nitrogens is 3. The molecule has 0 unspecified atom stereocenters. The molecule has 3 N–H and O–H groups in total. The van der Waals surface area contributed by atoms with Gasteiger partial charge in [0.15, 0.2) is 0 Å². The average Bonchev–Trinajstić information content (AvgIpc) is 3.14. The van der Waals surface area contributed by atoms with Gasteiger partial charge in [0.1, 0.15) is 22.7 Å². The van der Waals surface area contributed by atoms with E-state index in [0.717, 1.165) is 15.0 Å². The molecule has 118 valence electrons. The summed E-state index contributed by atoms with van der Waals surface area (Å²) in [5.41, 5.74) is 7.41. The number of nitrogens with two attached hydrogens (primary N) is 1. The van der Waals surface area contributed by atoms with Gasteiger partial charge in [0.05, 0.1) is 16.9 Å². The van der Waals surface area contributed by atoms with Crippen LogP contribution in [0.5, 0.6) is 0 Å². The summed E-state index contributed by atoms with van der Waals surface area (Å²) in [6.45, 7) is 0.803. The first kappa shape index (κ1) is 14.6. The number of aromatic amines is 1. The Balaban J connectivity index is 2.14. The van der Waals surface area contributed by atoms with Gasteiger partial charge in [-0.1, -0.05) is 18.2 Å². The normalized spacial score (nSPS) is 11.2. The quantitative estimate of drug-likeness (QED) is 0.600. The smallest absolute Gasteiger partial charge is 0.275 e. The summed E-state index contributed by atoms with van der Waals surface area (Å²) in [5.74, 6) is 0. The molecule has 0 saturated carbocycles. The van der Waals surface area contributed by atoms with Crippen molar-refractivity contribution in [2.45, 2.75) is 6.54 Å². The summed E-state index contributed by atoms with van der Waals surface area (Å²) in [6.07, 6.45) is 1.33. The van der Waals surface area contributed by atoms with Crippen molar-refractivity contribution in [3.05, 3.63) is 52.6 Å². The fourth-order valence-corrected chi connectivity index (χ4v) is 4.12. The number of thiophene rings is 1. The SMILES string of the molecule is N#Cc1c(-c2cc3ccccc3s2)n(CCN)c2c(=O)[nH]cnc12. The molecule has 0 fully saturated rings. The molecular formula is C17H13N5OS. The first-order valence-electron chi connectivity index (χ1n) is 7.43. The number of benzene rings is 1. The minimum absolute atomic E-state index is 0.266. The standard InChI is InChI=1S/C17H13N5OS/c18-5-6-22-15(13-7-10-3-1-2-4-12(10)24-13)11(8-19)14-16(22)17(23)21-9-20-14/h1-4,7,9H,5-6,18H2,(H,20,21,23). The summed E-state index contributed by atoms with van der Waals surface area (Å²) in [4.78, 5) is 20.0. The summed E-state index contributed by atoms with van der Waals surface area (Å²) in [6, 6.07) is 12.3. The number of fused-ring (bicyclic) bond motifs is 2. The van der Waals surface area contributed by atoms with Gasteiger partial charge >= 0.3 is 0 Å². The van der Waals surface area contributed by atoms with Gasteiger partial charge in [-0.2, -0.15) is 5.26 Å². The molecule has 6 nitrogen and oxygen atoms in total. The summed E-state index contributed by atoms with van der Waals surface area (Å²) in [5, 5.41) is 10.8. The van der Waals surface area contributed by atoms with Gasteiger partial charge in [0.2, 0.25) is 0 Å². The molecule has 0 atom stereocenters. The van der Waals surface area contributed by atoms with Gasteiger partial charge < -0.3 is 15.3 Å². The number of nitrogens with zero attached hydrogens (tertiary/aromatic N) is 3. The Kier molecular flexibility index (Phi) is 3.41. The summed E-state index contributed by atoms with van der Waals surface area (Å²) < 4.78 is 2.94. The molecule has 0 amide bonds. The largest absolute Gasteiger partial charge is 0.332 e. The van der Waals surface area contributed by atoms with E-state index >= 15 is 0 Å². The Morgan fingerprint density at radius 2 is 2.21 bits per heavy atom. The third kappa shape index (κ3) is 2.05. The molecule has 0 radical (unpaired) electrons. The summed E-state index contributed by atoms with van der Waals surface area (Å²) in [7, 11) is 0. The second-order valence-electron chi connectivity index (χ2n) is 5.35. The van der Waals surface area contributed by atoms with Gasteiger partial charge in [0, 0.05) is 17.8 Å². The molecule has 24 heavy (non-hydrogen) atoms. The van der Waals surface area contributed by atoms with E-state index in [-0.39, 0.29) is 5.56 Å². The number of hydrogen-bond donors (Lipinski definition) is 2. The van der Waals surface area contributed by atoms with Crippen LogP contribution in [0.15, 0.2) is 41.5 Å². The van der Waals surface area contributed by atoms with Crippen molar-refractivity contribution in [3.8, 4) is 16.6 Å². The Bertz CT molecular complexity index is 1130. The Labute approximate surface area is 140 Å². The van der Waals surface area contributed by atoms with Gasteiger partial charge in [-0.15, -0.1) is 11.3 Å². The van der Waals surface area contributed by atoms with Crippen molar-refractivity contribution in [3.63, 3.8) is 0 Å². The maximum absolute atomic E-state index is 12.3. The van der Waals surface area contributed by atoms with E-state index < -0.39 is 0 Å². The van der Waals surface area contributed by atoms with Gasteiger partial charge in [-0.05, 0) is 17.5 Å². The first-order valence-corrected chi connectivity index (χ1v) is 8.25. The van der Waals surface area contributed by atoms with Crippen molar-refractivity contribution < 1.29 is 0 Å². The first-order chi connectivity index (χ1) is 11.7. The number of nitriles is 1. The second-order valence-corrected chi connectivity index (χ2v) is 6.44. The molecule has 3 heterocycles. The molecule has 4 rings (SSSR count). The zero-order valence-corrected chi connectivity index (χ0v) is 13.4. The maximum atomic E-state index is 12.3. The van der Waals surface area contributed by atoms with E-state index in [1.807, 2.05) is 34.9 Å². The minimum Gasteiger partial charge on any atom is -0.332 e. The molecule has 4 aromatic rings. The second kappa shape index (κ2) is 5.60. The van der Waals surface area contributed by atoms with Crippen LogP contribution in [0.25, 0.3) is 31.7 Å². The third-order valence-corrected chi connectivity index (χ3v) is 5.09. The molecule has 0 aliphatic heterocycles. The zero-order chi connectivity index (χ0) is 16.7. The Morgan fingerprint density at radius 3 is 2.96 bits per heavy atom. The van der Waals surface area contributed by atoms with Gasteiger partial charge in [0.25, 0.3) is 5.56 Å². The fourth-order valence-electron chi connectivity index (χ4n) is 3.00. The average molecular weight is 335 g/mol. The van der Waals surface area contributed by atoms with Crippen LogP contribution in [0.4, 0.5) is 0 Å². The van der Waals surface area contributed by atoms with E-state index in [1.54, 1.807) is 11.3 Å². The van der Waals surface area contributed by atoms with Crippen LogP contribution in [0.1, 0.15) is 5.56 Å². The highest BCUT2D eigenvalue weighted by Crippen LogP contribution is 2.38. The van der Waals surface area contributed by atoms with Crippen molar-refractivity contribution in [1.82, 2.24) is 14.5 Å². The lowest BCUT2D eigenvalue weighted by Gasteiger charge is -2.07. The van der Waals surface area contributed by atoms with Gasteiger partial charge in [-0.3, -0.25) is 4.79 Å². The lowest BCUT2D eigenvalue weighted by molar-refractivity contribution is 0.738. The lowest BCUT2D eigenvalue weighted by atomic mass is 10.2. The van der Waals surface area contributed by atoms with Crippen LogP contribution < -0.4 is 11.3 Å². The molecule has 1 aromatic carbocycles. The highest BCUT2D eigenvalue weighted by Gasteiger charge is 2.22. The zero-order valence-electron chi connectivity index (χ0n) is 12.6. The Morgan fingerprint density at radius 1 is 1.38 bits per heavy atom. The van der Waals surface area contributed by atoms with E-state index in [2.05, 4.69) is 16.0 Å². The Hall–Kier alpha value is -2.95. The topological polar surface area (TPSA) is 100 Å². The molecule has 0 aliphatic rings. The lowest BCUT2D eigenvalue weighted by Crippen LogP contribution is -2.16. The number of H-pyrrole nitrogens is 1. The molecule has 0 aliphatic carbocycles. The van der Waals surface area contributed by atoms with Crippen LogP contribution in [0.3, 0.4) is 0 Å². The minimum atomic E-state index is -0.266. The van der Waals surface area contributed by atoms with Crippen LogP contribution >= 0.6 is 11.3 Å². The van der Waals surface area contributed by atoms with Crippen LogP contribution in [0.2, 0.25) is 0 Å². The summed E-state index contributed by atoms with van der Waals surface area (Å²) >= 11 is 1.59. The van der Waals surface area contributed by atoms with Crippen LogP contribution in [0, 0.1) is 11.3 Å². The molecule has 0 saturated heterocycles. The monoisotopic (exact) mass is 335 g/mol. The molecule has 7 heteroatoms. The number of hydrogen-bond acceptors (Lipinski definition) is 5. The molecule has 0 bridgehead atoms. The van der Waals surface area contributed by atoms with E-state index in [0.29, 0.717) is 35.4 Å². The van der Waals surface area contributed by atoms with Crippen LogP contribution in [-0.2, 0) is 6.54 Å². The third-order valence-electron chi connectivity index (χ3n) is 3.97. The van der Waals surface area contributed by atoms with Gasteiger partial charge in [-0.25, -0.2) is 4.98 Å². The molecular weight excluding hydrogens is 322 g/mol. The highest BCUT2D eigenvalue weighted by molar-refractivity contribution is 7.22.